The Bertz CT molecular complexity index is 1490. The van der Waals surface area contributed by atoms with Crippen LogP contribution in [0.5, 0.6) is 0 Å². The van der Waals surface area contributed by atoms with Gasteiger partial charge in [-0.25, -0.2) is 0 Å². The summed E-state index contributed by atoms with van der Waals surface area (Å²) in [5.74, 6) is -0.271. The molecule has 7 unspecified atom stereocenters. The van der Waals surface area contributed by atoms with E-state index in [4.69, 9.17) is 14.2 Å². The van der Waals surface area contributed by atoms with E-state index in [1.807, 2.05) is 6.08 Å². The number of aliphatic hydroxyl groups excluding tert-OH is 5. The molecule has 11 nitrogen and oxygen atoms in total. The van der Waals surface area contributed by atoms with Crippen molar-refractivity contribution in [2.24, 2.45) is 0 Å². The van der Waals surface area contributed by atoms with E-state index in [0.717, 1.165) is 103 Å². The molecule has 73 heavy (non-hydrogen) atoms. The predicted octanol–water partition coefficient (Wildman–Crippen LogP) is 13.4. The second-order valence-corrected chi connectivity index (χ2v) is 19.9. The summed E-state index contributed by atoms with van der Waals surface area (Å²) in [6.45, 7) is 4.02. The number of nitrogens with one attached hydrogen (secondary N) is 1. The van der Waals surface area contributed by atoms with Crippen molar-refractivity contribution < 1.29 is 49.3 Å². The van der Waals surface area contributed by atoms with Gasteiger partial charge in [-0.15, -0.1) is 0 Å². The second-order valence-electron chi connectivity index (χ2n) is 19.9. The molecule has 7 atom stereocenters. The van der Waals surface area contributed by atoms with Crippen LogP contribution in [0.4, 0.5) is 0 Å². The Labute approximate surface area is 444 Å². The van der Waals surface area contributed by atoms with Gasteiger partial charge in [0, 0.05) is 12.8 Å². The molecule has 1 aliphatic heterocycles. The molecule has 1 amide bonds. The van der Waals surface area contributed by atoms with Gasteiger partial charge in [0.1, 0.15) is 24.4 Å². The lowest BCUT2D eigenvalue weighted by molar-refractivity contribution is -0.302. The van der Waals surface area contributed by atoms with Crippen LogP contribution in [-0.2, 0) is 23.8 Å². The molecule has 0 bridgehead atoms. The lowest BCUT2D eigenvalue weighted by atomic mass is 9.99. The third-order valence-corrected chi connectivity index (χ3v) is 13.2. The highest BCUT2D eigenvalue weighted by Crippen LogP contribution is 2.23. The molecular weight excluding hydrogens is 919 g/mol. The van der Waals surface area contributed by atoms with E-state index in [2.05, 4.69) is 92.1 Å². The van der Waals surface area contributed by atoms with E-state index in [9.17, 15) is 35.1 Å². The van der Waals surface area contributed by atoms with Crippen LogP contribution in [0.3, 0.4) is 0 Å². The van der Waals surface area contributed by atoms with Gasteiger partial charge < -0.3 is 45.1 Å². The summed E-state index contributed by atoms with van der Waals surface area (Å²) < 4.78 is 16.6. The first-order valence-electron chi connectivity index (χ1n) is 29.4. The Morgan fingerprint density at radius 3 is 1.49 bits per heavy atom. The van der Waals surface area contributed by atoms with Gasteiger partial charge in [0.2, 0.25) is 5.91 Å². The Hall–Kier alpha value is -3.16. The molecule has 0 saturated carbocycles. The molecule has 11 heteroatoms. The number of unbranched alkanes of at least 4 members (excludes halogenated alkanes) is 23. The van der Waals surface area contributed by atoms with Gasteiger partial charge in [-0.2, -0.15) is 0 Å². The highest BCUT2D eigenvalue weighted by atomic mass is 16.7. The molecule has 0 aliphatic carbocycles. The molecule has 1 heterocycles. The number of carbonyl (C=O) groups excluding carboxylic acids is 2. The van der Waals surface area contributed by atoms with Gasteiger partial charge in [-0.05, 0) is 96.3 Å². The summed E-state index contributed by atoms with van der Waals surface area (Å²) in [5.41, 5.74) is 0. The molecule has 0 radical (unpaired) electrons. The number of esters is 1. The van der Waals surface area contributed by atoms with Crippen molar-refractivity contribution in [3.05, 3.63) is 85.1 Å². The molecule has 420 valence electrons. The first-order chi connectivity index (χ1) is 35.7. The first kappa shape index (κ1) is 67.9. The maximum atomic E-state index is 13.0. The second kappa shape index (κ2) is 51.0. The predicted molar refractivity (Wildman–Crippen MR) is 301 cm³/mol. The van der Waals surface area contributed by atoms with E-state index in [0.29, 0.717) is 19.4 Å². The summed E-state index contributed by atoms with van der Waals surface area (Å²) in [7, 11) is 0. The summed E-state index contributed by atoms with van der Waals surface area (Å²) in [4.78, 5) is 25.0. The maximum Gasteiger partial charge on any atom is 0.305 e. The fourth-order valence-electron chi connectivity index (χ4n) is 8.56. The highest BCUT2D eigenvalue weighted by molar-refractivity contribution is 5.76. The zero-order valence-electron chi connectivity index (χ0n) is 46.1. The normalized spacial score (nSPS) is 19.6. The highest BCUT2D eigenvalue weighted by Gasteiger charge is 2.44. The maximum absolute atomic E-state index is 13.0. The number of ether oxygens (including phenoxy) is 3. The zero-order chi connectivity index (χ0) is 53.1. The number of hydrogen-bond acceptors (Lipinski definition) is 10. The fraction of sp³-hybridized carbons (Fsp3) is 0.742. The molecule has 0 aromatic carbocycles. The monoisotopic (exact) mass is 1030 g/mol. The average Bonchev–Trinajstić information content (AvgIpc) is 3.39. The molecule has 0 aromatic rings. The lowest BCUT2D eigenvalue weighted by Gasteiger charge is -2.40. The van der Waals surface area contributed by atoms with E-state index in [1.54, 1.807) is 6.08 Å². The van der Waals surface area contributed by atoms with Gasteiger partial charge in [0.25, 0.3) is 0 Å². The SMILES string of the molecule is CC/C=C/CC/C=C/CC/C=C/C(O)C(COC1OC(CO)C(O)C(O)C1O)NC(=O)CCCCCCCCCCCCCCCC/C=C\C/C=C\CCOC(=O)CCCCCCC/C=C\C/C=C\CCCC. The summed E-state index contributed by atoms with van der Waals surface area (Å²) in [6, 6.07) is -0.840. The molecule has 1 rings (SSSR count). The molecule has 1 saturated heterocycles. The van der Waals surface area contributed by atoms with Crippen LogP contribution in [0.15, 0.2) is 85.1 Å². The zero-order valence-corrected chi connectivity index (χ0v) is 46.1. The number of rotatable bonds is 49. The minimum Gasteiger partial charge on any atom is -0.465 e. The lowest BCUT2D eigenvalue weighted by Crippen LogP contribution is -2.60. The van der Waals surface area contributed by atoms with Crippen LogP contribution >= 0.6 is 0 Å². The largest absolute Gasteiger partial charge is 0.465 e. The summed E-state index contributed by atoms with van der Waals surface area (Å²) >= 11 is 0. The van der Waals surface area contributed by atoms with Crippen LogP contribution in [0.25, 0.3) is 0 Å². The minimum absolute atomic E-state index is 0.0654. The van der Waals surface area contributed by atoms with E-state index < -0.39 is 49.5 Å². The third kappa shape index (κ3) is 40.8. The van der Waals surface area contributed by atoms with Gasteiger partial charge in [-0.1, -0.05) is 208 Å². The summed E-state index contributed by atoms with van der Waals surface area (Å²) in [6.07, 6.45) is 58.5. The van der Waals surface area contributed by atoms with Crippen LogP contribution in [0.1, 0.15) is 232 Å². The molecule has 1 fully saturated rings. The number of carbonyl (C=O) groups is 2. The van der Waals surface area contributed by atoms with Crippen LogP contribution in [0.2, 0.25) is 0 Å². The van der Waals surface area contributed by atoms with Gasteiger partial charge in [0.15, 0.2) is 6.29 Å². The van der Waals surface area contributed by atoms with Crippen molar-refractivity contribution in [1.29, 1.82) is 0 Å². The van der Waals surface area contributed by atoms with Gasteiger partial charge in [-0.3, -0.25) is 9.59 Å². The molecular formula is C62H107NO10. The molecule has 0 aromatic heterocycles. The quantitative estimate of drug-likeness (QED) is 0.0195. The fourth-order valence-corrected chi connectivity index (χ4v) is 8.56. The molecule has 1 aliphatic rings. The van der Waals surface area contributed by atoms with E-state index >= 15 is 0 Å². The number of allylic oxidation sites excluding steroid dienone is 12. The third-order valence-electron chi connectivity index (χ3n) is 13.2. The Morgan fingerprint density at radius 2 is 0.973 bits per heavy atom. The van der Waals surface area contributed by atoms with E-state index in [1.165, 1.54) is 103 Å². The van der Waals surface area contributed by atoms with Crippen LogP contribution in [-0.4, -0.2) is 100 Å². The Morgan fingerprint density at radius 1 is 0.521 bits per heavy atom. The van der Waals surface area contributed by atoms with Gasteiger partial charge in [0.05, 0.1) is 32.0 Å². The molecule has 6 N–H and O–H groups in total. The summed E-state index contributed by atoms with van der Waals surface area (Å²) in [5, 5.41) is 54.2. The number of hydrogen-bond donors (Lipinski definition) is 6. The standard InChI is InChI=1S/C62H107NO10/c1-3-5-7-9-11-13-15-16-27-30-34-38-42-46-50-58(67)71-51-47-43-39-35-31-28-25-23-21-19-17-18-20-22-24-26-29-33-37-41-45-49-57(66)63-54(53-72-62-61(70)60(69)59(68)56(52-64)73-62)55(65)48-44-40-36-32-14-12-10-8-6-4-2/h6,8-9,11,14-16,28,31-32,39,43-44,48,54-56,59-62,64-65,68-70H,3-5,7,10,12-13,17-27,29-30,33-38,40-42,45-47,49-53H2,1-2H3,(H,63,66)/b8-6+,11-9-,16-15-,31-28-,32-14+,43-39-,48-44+. The van der Waals surface area contributed by atoms with Crippen molar-refractivity contribution in [3.63, 3.8) is 0 Å². The van der Waals surface area contributed by atoms with Crippen LogP contribution in [0, 0.1) is 0 Å². The van der Waals surface area contributed by atoms with Gasteiger partial charge >= 0.3 is 5.97 Å². The Balaban J connectivity index is 2.06. The van der Waals surface area contributed by atoms with E-state index in [-0.39, 0.29) is 18.5 Å². The van der Waals surface area contributed by atoms with Crippen molar-refractivity contribution in [3.8, 4) is 0 Å². The van der Waals surface area contributed by atoms with Crippen molar-refractivity contribution in [2.75, 3.05) is 19.8 Å². The van der Waals surface area contributed by atoms with Crippen molar-refractivity contribution in [2.45, 2.75) is 275 Å². The smallest absolute Gasteiger partial charge is 0.305 e. The van der Waals surface area contributed by atoms with Crippen molar-refractivity contribution in [1.82, 2.24) is 5.32 Å². The van der Waals surface area contributed by atoms with Crippen molar-refractivity contribution >= 4 is 11.9 Å². The topological polar surface area (TPSA) is 175 Å². The van der Waals surface area contributed by atoms with Crippen LogP contribution < -0.4 is 5.32 Å². The average molecular weight is 1030 g/mol. The number of aliphatic hydroxyl groups is 5. The first-order valence-corrected chi connectivity index (χ1v) is 29.4. The number of amides is 1. The Kier molecular flexibility index (Phi) is 47.4. The molecule has 0 spiro atoms. The minimum atomic E-state index is -1.58.